The third kappa shape index (κ3) is 5.22. The zero-order valence-electron chi connectivity index (χ0n) is 20.3. The molecule has 5 rings (SSSR count). The summed E-state index contributed by atoms with van der Waals surface area (Å²) in [6.45, 7) is 1.90. The van der Waals surface area contributed by atoms with Crippen molar-refractivity contribution in [3.05, 3.63) is 64.1 Å². The van der Waals surface area contributed by atoms with Gasteiger partial charge in [0.1, 0.15) is 16.2 Å². The third-order valence-corrected chi connectivity index (χ3v) is 8.44. The quantitative estimate of drug-likeness (QED) is 0.253. The average Bonchev–Trinajstić information content (AvgIpc) is 3.67. The van der Waals surface area contributed by atoms with Crippen LogP contribution in [0.5, 0.6) is 0 Å². The predicted octanol–water partition coefficient (Wildman–Crippen LogP) is 2.99. The second-order valence-electron chi connectivity index (χ2n) is 8.96. The summed E-state index contributed by atoms with van der Waals surface area (Å²) in [5, 5.41) is 15.0. The number of rotatable bonds is 8. The van der Waals surface area contributed by atoms with Crippen LogP contribution in [0.1, 0.15) is 28.2 Å². The number of likely N-dealkylation sites (N-methyl/N-ethyl adjacent to an activating group) is 1. The summed E-state index contributed by atoms with van der Waals surface area (Å²) in [6, 6.07) is 9.51. The van der Waals surface area contributed by atoms with Crippen LogP contribution in [0.4, 0.5) is 17.1 Å². The summed E-state index contributed by atoms with van der Waals surface area (Å²) < 4.78 is 1.86. The topological polar surface area (TPSA) is 144 Å². The van der Waals surface area contributed by atoms with Gasteiger partial charge in [0.15, 0.2) is 0 Å². The molecule has 1 fully saturated rings. The van der Waals surface area contributed by atoms with Crippen molar-refractivity contribution in [3.8, 4) is 10.6 Å². The Morgan fingerprint density at radius 2 is 2.00 bits per heavy atom. The van der Waals surface area contributed by atoms with E-state index in [0.717, 1.165) is 16.3 Å². The number of nitrogens with zero attached hydrogens (tertiary/aromatic N) is 4. The number of carbonyl (C=O) groups excluding carboxylic acids is 2. The lowest BCUT2D eigenvalue weighted by Gasteiger charge is -2.41. The number of carbonyl (C=O) groups is 2. The molecule has 1 aromatic carbocycles. The Balaban J connectivity index is 1.29. The molecule has 1 aliphatic rings. The summed E-state index contributed by atoms with van der Waals surface area (Å²) in [5.74, 6) is -0.670. The minimum Gasteiger partial charge on any atom is -0.399 e. The molecule has 2 amide bonds. The normalized spacial score (nSPS) is 15.0. The lowest BCUT2D eigenvalue weighted by molar-refractivity contribution is -0.125. The molecule has 0 atom stereocenters. The number of nitrogen functional groups attached to an aromatic ring is 1. The maximum Gasteiger partial charge on any atom is 0.275 e. The number of hydrogen-bond donors (Lipinski definition) is 4. The van der Waals surface area contributed by atoms with Crippen molar-refractivity contribution >= 4 is 51.6 Å². The molecule has 0 unspecified atom stereocenters. The molecule has 4 aromatic rings. The van der Waals surface area contributed by atoms with Crippen molar-refractivity contribution < 1.29 is 9.59 Å². The zero-order chi connectivity index (χ0) is 26.0. The number of anilines is 3. The Hall–Kier alpha value is -3.74. The number of nitrogens with one attached hydrogen (secondary N) is 2. The van der Waals surface area contributed by atoms with Gasteiger partial charge in [-0.3, -0.25) is 14.3 Å². The Morgan fingerprint density at radius 1 is 1.19 bits per heavy atom. The van der Waals surface area contributed by atoms with E-state index in [9.17, 15) is 9.59 Å². The van der Waals surface area contributed by atoms with Crippen LogP contribution < -0.4 is 27.0 Å². The fraction of sp³-hybridized carbons (Fsp3) is 0.280. The second-order valence-corrected chi connectivity index (χ2v) is 10.8. The van der Waals surface area contributed by atoms with Crippen LogP contribution in [0.3, 0.4) is 0 Å². The van der Waals surface area contributed by atoms with Crippen LogP contribution >= 0.6 is 22.7 Å². The van der Waals surface area contributed by atoms with Gasteiger partial charge in [-0.25, -0.2) is 4.98 Å². The van der Waals surface area contributed by atoms with Gasteiger partial charge in [-0.2, -0.15) is 5.10 Å². The third-order valence-electron chi connectivity index (χ3n) is 6.69. The van der Waals surface area contributed by atoms with E-state index in [2.05, 4.69) is 31.7 Å². The highest BCUT2D eigenvalue weighted by Crippen LogP contribution is 2.33. The first-order chi connectivity index (χ1) is 17.9. The van der Waals surface area contributed by atoms with E-state index in [4.69, 9.17) is 11.5 Å². The molecule has 12 heteroatoms. The Kier molecular flexibility index (Phi) is 6.96. The highest BCUT2D eigenvalue weighted by atomic mass is 32.1. The molecule has 6 N–H and O–H groups in total. The summed E-state index contributed by atoms with van der Waals surface area (Å²) in [4.78, 5) is 33.0. The van der Waals surface area contributed by atoms with Crippen LogP contribution in [0.2, 0.25) is 0 Å². The first-order valence-corrected chi connectivity index (χ1v) is 13.6. The number of thiazole rings is 1. The predicted molar refractivity (Wildman–Crippen MR) is 148 cm³/mol. The standard InChI is InChI=1S/C25H28N8O2S2/c1-28-25(24(27)35)6-8-32(9-7-25)21-5-4-17(26)11-19(21)30-22(34)20-15-37-23(31-20)16-12-29-33(13-16)14-18-3-2-10-36-18/h2-5,10-13,15,28H,6-9,14,26H2,1H3,(H2,27,35)(H,30,34). The summed E-state index contributed by atoms with van der Waals surface area (Å²) >= 11 is 3.08. The van der Waals surface area contributed by atoms with E-state index in [1.165, 1.54) is 16.2 Å². The molecule has 0 radical (unpaired) electrons. The van der Waals surface area contributed by atoms with Crippen molar-refractivity contribution in [2.45, 2.75) is 24.9 Å². The molecule has 0 aliphatic carbocycles. The number of benzene rings is 1. The summed E-state index contributed by atoms with van der Waals surface area (Å²) in [6.07, 6.45) is 4.82. The number of amides is 2. The number of primary amides is 1. The van der Waals surface area contributed by atoms with Crippen molar-refractivity contribution in [2.75, 3.05) is 36.1 Å². The van der Waals surface area contributed by atoms with E-state index in [1.807, 2.05) is 28.4 Å². The van der Waals surface area contributed by atoms with E-state index < -0.39 is 5.54 Å². The summed E-state index contributed by atoms with van der Waals surface area (Å²) in [5.41, 5.74) is 14.1. The number of aromatic nitrogens is 3. The van der Waals surface area contributed by atoms with E-state index in [0.29, 0.717) is 49.5 Å². The number of nitrogens with two attached hydrogens (primary N) is 2. The van der Waals surface area contributed by atoms with Gasteiger partial charge in [-0.05, 0) is 49.5 Å². The molecule has 1 aliphatic heterocycles. The minimum absolute atomic E-state index is 0.320. The Morgan fingerprint density at radius 3 is 2.70 bits per heavy atom. The van der Waals surface area contributed by atoms with Gasteiger partial charge in [0, 0.05) is 40.8 Å². The van der Waals surface area contributed by atoms with Gasteiger partial charge in [-0.15, -0.1) is 22.7 Å². The van der Waals surface area contributed by atoms with Gasteiger partial charge in [0.2, 0.25) is 5.91 Å². The molecular formula is C25H28N8O2S2. The fourth-order valence-corrected chi connectivity index (χ4v) is 5.97. The van der Waals surface area contributed by atoms with Gasteiger partial charge in [-0.1, -0.05) is 6.07 Å². The second kappa shape index (κ2) is 10.3. The molecule has 1 saturated heterocycles. The molecule has 3 aromatic heterocycles. The number of hydrogen-bond acceptors (Lipinski definition) is 9. The highest BCUT2D eigenvalue weighted by molar-refractivity contribution is 7.13. The Bertz CT molecular complexity index is 1400. The molecule has 192 valence electrons. The number of piperidine rings is 1. The van der Waals surface area contributed by atoms with Crippen LogP contribution in [0, 0.1) is 0 Å². The molecule has 0 bridgehead atoms. The highest BCUT2D eigenvalue weighted by Gasteiger charge is 2.38. The number of thiophene rings is 1. The lowest BCUT2D eigenvalue weighted by atomic mass is 9.86. The van der Waals surface area contributed by atoms with Crippen LogP contribution in [0.15, 0.2) is 53.5 Å². The molecule has 10 nitrogen and oxygen atoms in total. The lowest BCUT2D eigenvalue weighted by Crippen LogP contribution is -2.59. The SMILES string of the molecule is CNC1(C(N)=O)CCN(c2ccc(N)cc2NC(=O)c2csc(-c3cnn(Cc4cccs4)c3)n2)CC1. The largest absolute Gasteiger partial charge is 0.399 e. The maximum absolute atomic E-state index is 13.1. The average molecular weight is 537 g/mol. The molecule has 37 heavy (non-hydrogen) atoms. The monoisotopic (exact) mass is 536 g/mol. The van der Waals surface area contributed by atoms with Crippen molar-refractivity contribution in [1.82, 2.24) is 20.1 Å². The van der Waals surface area contributed by atoms with Crippen LogP contribution in [0.25, 0.3) is 10.6 Å². The van der Waals surface area contributed by atoms with Crippen LogP contribution in [-0.4, -0.2) is 52.3 Å². The first kappa shape index (κ1) is 24.9. The van der Waals surface area contributed by atoms with Gasteiger partial charge >= 0.3 is 0 Å². The molecular weight excluding hydrogens is 508 g/mol. The molecule has 0 saturated carbocycles. The zero-order valence-corrected chi connectivity index (χ0v) is 21.9. The van der Waals surface area contributed by atoms with E-state index in [-0.39, 0.29) is 11.8 Å². The van der Waals surface area contributed by atoms with Gasteiger partial charge in [0.25, 0.3) is 5.91 Å². The van der Waals surface area contributed by atoms with E-state index >= 15 is 0 Å². The van der Waals surface area contributed by atoms with Crippen molar-refractivity contribution in [3.63, 3.8) is 0 Å². The van der Waals surface area contributed by atoms with E-state index in [1.54, 1.807) is 42.1 Å². The Labute approximate surface area is 222 Å². The van der Waals surface area contributed by atoms with Crippen LogP contribution in [-0.2, 0) is 11.3 Å². The first-order valence-electron chi connectivity index (χ1n) is 11.8. The molecule has 4 heterocycles. The van der Waals surface area contributed by atoms with Gasteiger partial charge < -0.3 is 27.0 Å². The van der Waals surface area contributed by atoms with Crippen molar-refractivity contribution in [1.29, 1.82) is 0 Å². The molecule has 0 spiro atoms. The summed E-state index contributed by atoms with van der Waals surface area (Å²) in [7, 11) is 1.76. The fourth-order valence-electron chi connectivity index (χ4n) is 4.50. The smallest absolute Gasteiger partial charge is 0.275 e. The maximum atomic E-state index is 13.1. The van der Waals surface area contributed by atoms with Gasteiger partial charge in [0.05, 0.1) is 24.1 Å². The van der Waals surface area contributed by atoms with Crippen molar-refractivity contribution in [2.24, 2.45) is 5.73 Å². The minimum atomic E-state index is -0.720.